The molecule has 0 aromatic heterocycles. The van der Waals surface area contributed by atoms with Gasteiger partial charge in [0, 0.05) is 5.39 Å². The molecule has 0 spiro atoms. The maximum atomic E-state index is 14.7. The fourth-order valence-electron chi connectivity index (χ4n) is 2.82. The number of fused-ring (bicyclic) bond motifs is 1. The Labute approximate surface area is 169 Å². The van der Waals surface area contributed by atoms with Crippen molar-refractivity contribution in [2.24, 2.45) is 0 Å². The standard InChI is InChI=1S/C23H24FNO4/c1-23(2,3)29-22(26)25-18-13-17-16(10-11-19(27-4)21(17)24)12-20(18)28-14-15-8-6-5-7-9-15/h5-13H,14H2,1-4H3,(H,25,26). The van der Waals surface area contributed by atoms with Gasteiger partial charge >= 0.3 is 6.09 Å². The molecule has 3 aromatic carbocycles. The highest BCUT2D eigenvalue weighted by Crippen LogP contribution is 2.35. The summed E-state index contributed by atoms with van der Waals surface area (Å²) in [6.45, 7) is 5.60. The van der Waals surface area contributed by atoms with E-state index in [-0.39, 0.29) is 5.75 Å². The summed E-state index contributed by atoms with van der Waals surface area (Å²) in [4.78, 5) is 12.3. The molecule has 0 heterocycles. The number of methoxy groups -OCH3 is 1. The average molecular weight is 397 g/mol. The second kappa shape index (κ2) is 8.39. The predicted molar refractivity (Wildman–Crippen MR) is 111 cm³/mol. The summed E-state index contributed by atoms with van der Waals surface area (Å²) < 4.78 is 31.0. The van der Waals surface area contributed by atoms with Gasteiger partial charge < -0.3 is 14.2 Å². The number of hydrogen-bond donors (Lipinski definition) is 1. The van der Waals surface area contributed by atoms with Gasteiger partial charge in [-0.25, -0.2) is 9.18 Å². The van der Waals surface area contributed by atoms with Gasteiger partial charge in [-0.15, -0.1) is 0 Å². The fraction of sp³-hybridized carbons (Fsp3) is 0.261. The van der Waals surface area contributed by atoms with Crippen molar-refractivity contribution in [3.63, 3.8) is 0 Å². The van der Waals surface area contributed by atoms with E-state index in [1.807, 2.05) is 30.3 Å². The summed E-state index contributed by atoms with van der Waals surface area (Å²) in [5, 5.41) is 3.60. The Hall–Kier alpha value is -3.28. The fourth-order valence-corrected chi connectivity index (χ4v) is 2.82. The van der Waals surface area contributed by atoms with Crippen LogP contribution in [0, 0.1) is 5.82 Å². The molecule has 0 aliphatic carbocycles. The van der Waals surface area contributed by atoms with Crippen molar-refractivity contribution in [3.8, 4) is 11.5 Å². The lowest BCUT2D eigenvalue weighted by molar-refractivity contribution is 0.0635. The molecule has 0 saturated heterocycles. The Morgan fingerprint density at radius 1 is 1.03 bits per heavy atom. The molecule has 0 saturated carbocycles. The molecule has 6 heteroatoms. The van der Waals surface area contributed by atoms with E-state index in [9.17, 15) is 9.18 Å². The molecule has 29 heavy (non-hydrogen) atoms. The monoisotopic (exact) mass is 397 g/mol. The SMILES string of the molecule is COc1ccc2cc(OCc3ccccc3)c(NC(=O)OC(C)(C)C)cc2c1F. The minimum atomic E-state index is -0.666. The zero-order valence-corrected chi connectivity index (χ0v) is 16.9. The number of anilines is 1. The molecule has 1 N–H and O–H groups in total. The van der Waals surface area contributed by atoms with Crippen LogP contribution in [0.5, 0.6) is 11.5 Å². The normalized spacial score (nSPS) is 11.2. The summed E-state index contributed by atoms with van der Waals surface area (Å²) in [7, 11) is 1.40. The molecule has 0 radical (unpaired) electrons. The summed E-state index contributed by atoms with van der Waals surface area (Å²) in [6.07, 6.45) is -0.648. The van der Waals surface area contributed by atoms with Crippen LogP contribution in [0.15, 0.2) is 54.6 Å². The van der Waals surface area contributed by atoms with Gasteiger partial charge in [-0.05, 0) is 49.9 Å². The van der Waals surface area contributed by atoms with Crippen LogP contribution in [0.4, 0.5) is 14.9 Å². The van der Waals surface area contributed by atoms with Crippen molar-refractivity contribution in [3.05, 3.63) is 66.0 Å². The molecule has 5 nitrogen and oxygen atoms in total. The number of carbonyl (C=O) groups excluding carboxylic acids is 1. The van der Waals surface area contributed by atoms with Crippen molar-refractivity contribution in [2.75, 3.05) is 12.4 Å². The second-order valence-corrected chi connectivity index (χ2v) is 7.55. The maximum Gasteiger partial charge on any atom is 0.412 e. The lowest BCUT2D eigenvalue weighted by Crippen LogP contribution is -2.27. The number of carbonyl (C=O) groups is 1. The van der Waals surface area contributed by atoms with Crippen LogP contribution in [0.3, 0.4) is 0 Å². The van der Waals surface area contributed by atoms with Crippen LogP contribution >= 0.6 is 0 Å². The number of halogens is 1. The predicted octanol–water partition coefficient (Wildman–Crippen LogP) is 5.91. The molecule has 3 aromatic rings. The minimum absolute atomic E-state index is 0.124. The average Bonchev–Trinajstić information content (AvgIpc) is 2.66. The Morgan fingerprint density at radius 2 is 1.76 bits per heavy atom. The Balaban J connectivity index is 1.98. The molecule has 0 atom stereocenters. The first-order valence-electron chi connectivity index (χ1n) is 9.24. The zero-order chi connectivity index (χ0) is 21.0. The Morgan fingerprint density at radius 3 is 2.41 bits per heavy atom. The third-order valence-electron chi connectivity index (χ3n) is 4.11. The first-order chi connectivity index (χ1) is 13.8. The van der Waals surface area contributed by atoms with Gasteiger partial charge in [0.05, 0.1) is 12.8 Å². The maximum absolute atomic E-state index is 14.7. The van der Waals surface area contributed by atoms with Gasteiger partial charge in [0.2, 0.25) is 0 Å². The number of nitrogens with one attached hydrogen (secondary N) is 1. The zero-order valence-electron chi connectivity index (χ0n) is 16.9. The molecule has 0 aliphatic rings. The molecule has 0 bridgehead atoms. The number of benzene rings is 3. The van der Waals surface area contributed by atoms with E-state index in [2.05, 4.69) is 5.32 Å². The van der Waals surface area contributed by atoms with Crippen molar-refractivity contribution in [1.82, 2.24) is 0 Å². The summed E-state index contributed by atoms with van der Waals surface area (Å²) in [6, 6.07) is 16.1. The van der Waals surface area contributed by atoms with E-state index in [0.29, 0.717) is 28.8 Å². The topological polar surface area (TPSA) is 56.8 Å². The molecule has 152 valence electrons. The van der Waals surface area contributed by atoms with Crippen LogP contribution in [0.2, 0.25) is 0 Å². The van der Waals surface area contributed by atoms with Crippen molar-refractivity contribution in [2.45, 2.75) is 33.0 Å². The largest absolute Gasteiger partial charge is 0.494 e. The highest BCUT2D eigenvalue weighted by atomic mass is 19.1. The number of hydrogen-bond acceptors (Lipinski definition) is 4. The third kappa shape index (κ3) is 5.16. The van der Waals surface area contributed by atoms with Crippen LogP contribution in [-0.4, -0.2) is 18.8 Å². The highest BCUT2D eigenvalue weighted by Gasteiger charge is 2.19. The van der Waals surface area contributed by atoms with Crippen molar-refractivity contribution < 1.29 is 23.4 Å². The third-order valence-corrected chi connectivity index (χ3v) is 4.11. The quantitative estimate of drug-likeness (QED) is 0.581. The van der Waals surface area contributed by atoms with Gasteiger partial charge in [-0.2, -0.15) is 0 Å². The lowest BCUT2D eigenvalue weighted by Gasteiger charge is -2.21. The van der Waals surface area contributed by atoms with Crippen molar-refractivity contribution in [1.29, 1.82) is 0 Å². The Kier molecular flexibility index (Phi) is 5.92. The van der Waals surface area contributed by atoms with E-state index < -0.39 is 17.5 Å². The van der Waals surface area contributed by atoms with Gasteiger partial charge in [0.15, 0.2) is 11.6 Å². The Bertz CT molecular complexity index is 1010. The van der Waals surface area contributed by atoms with Crippen LogP contribution in [-0.2, 0) is 11.3 Å². The van der Waals surface area contributed by atoms with E-state index in [1.54, 1.807) is 39.0 Å². The van der Waals surface area contributed by atoms with Crippen LogP contribution in [0.1, 0.15) is 26.3 Å². The van der Waals surface area contributed by atoms with Crippen LogP contribution in [0.25, 0.3) is 10.8 Å². The smallest absolute Gasteiger partial charge is 0.412 e. The molecular weight excluding hydrogens is 373 g/mol. The lowest BCUT2D eigenvalue weighted by atomic mass is 10.1. The summed E-state index contributed by atoms with van der Waals surface area (Å²) >= 11 is 0. The summed E-state index contributed by atoms with van der Waals surface area (Å²) in [5.74, 6) is 0.0299. The van der Waals surface area contributed by atoms with Crippen molar-refractivity contribution >= 4 is 22.6 Å². The van der Waals surface area contributed by atoms with Crippen LogP contribution < -0.4 is 14.8 Å². The van der Waals surface area contributed by atoms with Gasteiger partial charge in [0.1, 0.15) is 18.0 Å². The molecule has 1 amide bonds. The summed E-state index contributed by atoms with van der Waals surface area (Å²) in [5.41, 5.74) is 0.618. The van der Waals surface area contributed by atoms with E-state index in [1.165, 1.54) is 13.2 Å². The highest BCUT2D eigenvalue weighted by molar-refractivity contribution is 5.95. The first kappa shape index (κ1) is 20.5. The molecule has 0 unspecified atom stereocenters. The van der Waals surface area contributed by atoms with E-state index >= 15 is 0 Å². The van der Waals surface area contributed by atoms with Gasteiger partial charge in [0.25, 0.3) is 0 Å². The van der Waals surface area contributed by atoms with E-state index in [4.69, 9.17) is 14.2 Å². The minimum Gasteiger partial charge on any atom is -0.494 e. The molecular formula is C23H24FNO4. The number of amides is 1. The van der Waals surface area contributed by atoms with Gasteiger partial charge in [-0.1, -0.05) is 36.4 Å². The molecule has 0 fully saturated rings. The van der Waals surface area contributed by atoms with Gasteiger partial charge in [-0.3, -0.25) is 5.32 Å². The first-order valence-corrected chi connectivity index (χ1v) is 9.24. The molecule has 0 aliphatic heterocycles. The molecule has 3 rings (SSSR count). The number of ether oxygens (including phenoxy) is 3. The van der Waals surface area contributed by atoms with E-state index in [0.717, 1.165) is 5.56 Å². The second-order valence-electron chi connectivity index (χ2n) is 7.55. The number of rotatable bonds is 5.